The van der Waals surface area contributed by atoms with Crippen LogP contribution in [-0.2, 0) is 9.47 Å². The van der Waals surface area contributed by atoms with Crippen LogP contribution in [0, 0.1) is 0 Å². The van der Waals surface area contributed by atoms with Crippen molar-refractivity contribution in [2.24, 2.45) is 0 Å². The zero-order valence-corrected chi connectivity index (χ0v) is 6.22. The molecule has 3 heteroatoms. The number of nitrogens with one attached hydrogen (secondary N) is 1. The minimum absolute atomic E-state index is 0.0260. The average molecular weight is 143 g/mol. The summed E-state index contributed by atoms with van der Waals surface area (Å²) >= 11 is 0. The minimum Gasteiger partial charge on any atom is -0.375 e. The van der Waals surface area contributed by atoms with Gasteiger partial charge in [0, 0.05) is 12.6 Å². The van der Waals surface area contributed by atoms with E-state index in [1.54, 1.807) is 0 Å². The third-order valence-corrected chi connectivity index (χ3v) is 2.42. The molecule has 10 heavy (non-hydrogen) atoms. The van der Waals surface area contributed by atoms with Crippen LogP contribution in [0.1, 0.15) is 6.92 Å². The molecule has 2 fully saturated rings. The van der Waals surface area contributed by atoms with Crippen molar-refractivity contribution >= 4 is 0 Å². The Kier molecular flexibility index (Phi) is 1.44. The molecule has 0 aromatic rings. The average Bonchev–Trinajstić information content (AvgIpc) is 1.85. The van der Waals surface area contributed by atoms with Gasteiger partial charge in [-0.3, -0.25) is 0 Å². The first-order chi connectivity index (χ1) is 4.83. The van der Waals surface area contributed by atoms with Crippen molar-refractivity contribution in [2.75, 3.05) is 26.4 Å². The molecule has 0 aliphatic carbocycles. The van der Waals surface area contributed by atoms with Crippen molar-refractivity contribution in [3.63, 3.8) is 0 Å². The Bertz CT molecular complexity index is 134. The maximum atomic E-state index is 5.63. The maximum Gasteiger partial charge on any atom is 0.130 e. The third-order valence-electron chi connectivity index (χ3n) is 2.42. The Morgan fingerprint density at radius 3 is 2.70 bits per heavy atom. The van der Waals surface area contributed by atoms with E-state index in [1.165, 1.54) is 0 Å². The van der Waals surface area contributed by atoms with Crippen LogP contribution in [0.4, 0.5) is 0 Å². The van der Waals surface area contributed by atoms with Crippen LogP contribution in [0.2, 0.25) is 0 Å². The summed E-state index contributed by atoms with van der Waals surface area (Å²) in [5.41, 5.74) is 0.0260. The lowest BCUT2D eigenvalue weighted by Crippen LogP contribution is -2.66. The summed E-state index contributed by atoms with van der Waals surface area (Å²) in [4.78, 5) is 0. The van der Waals surface area contributed by atoms with E-state index in [1.807, 2.05) is 0 Å². The van der Waals surface area contributed by atoms with Gasteiger partial charge in [-0.25, -0.2) is 0 Å². The van der Waals surface area contributed by atoms with Gasteiger partial charge in [0.05, 0.1) is 19.8 Å². The summed E-state index contributed by atoms with van der Waals surface area (Å²) in [5, 5.41) is 3.37. The lowest BCUT2D eigenvalue weighted by molar-refractivity contribution is -0.234. The fourth-order valence-corrected chi connectivity index (χ4v) is 1.48. The molecule has 1 spiro atoms. The Morgan fingerprint density at radius 2 is 2.30 bits per heavy atom. The molecular weight excluding hydrogens is 130 g/mol. The molecule has 0 aromatic carbocycles. The SMILES string of the molecule is C[C@@H]1NCCOC12COC2. The molecule has 2 aliphatic heterocycles. The Labute approximate surface area is 60.7 Å². The van der Waals surface area contributed by atoms with E-state index in [0.717, 1.165) is 26.4 Å². The van der Waals surface area contributed by atoms with Crippen molar-refractivity contribution in [1.82, 2.24) is 5.32 Å². The molecule has 0 amide bonds. The largest absolute Gasteiger partial charge is 0.375 e. The highest BCUT2D eigenvalue weighted by Gasteiger charge is 2.46. The molecule has 0 aromatic heterocycles. The Morgan fingerprint density at radius 1 is 1.50 bits per heavy atom. The first kappa shape index (κ1) is 6.58. The van der Waals surface area contributed by atoms with E-state index in [2.05, 4.69) is 12.2 Å². The van der Waals surface area contributed by atoms with E-state index in [0.29, 0.717) is 6.04 Å². The summed E-state index contributed by atoms with van der Waals surface area (Å²) in [6.45, 7) is 5.49. The lowest BCUT2D eigenvalue weighted by Gasteiger charge is -2.48. The molecule has 2 saturated heterocycles. The van der Waals surface area contributed by atoms with Gasteiger partial charge in [0.2, 0.25) is 0 Å². The molecule has 2 aliphatic rings. The van der Waals surface area contributed by atoms with Crippen molar-refractivity contribution in [1.29, 1.82) is 0 Å². The predicted molar refractivity (Wildman–Crippen MR) is 37.0 cm³/mol. The zero-order valence-electron chi connectivity index (χ0n) is 6.22. The maximum absolute atomic E-state index is 5.63. The normalized spacial score (nSPS) is 37.5. The van der Waals surface area contributed by atoms with Crippen molar-refractivity contribution in [3.8, 4) is 0 Å². The number of hydrogen-bond donors (Lipinski definition) is 1. The van der Waals surface area contributed by atoms with Crippen LogP contribution in [0.25, 0.3) is 0 Å². The van der Waals surface area contributed by atoms with Gasteiger partial charge in [-0.15, -0.1) is 0 Å². The molecule has 2 rings (SSSR count). The van der Waals surface area contributed by atoms with Gasteiger partial charge in [0.15, 0.2) is 0 Å². The summed E-state index contributed by atoms with van der Waals surface area (Å²) in [7, 11) is 0. The number of rotatable bonds is 0. The fraction of sp³-hybridized carbons (Fsp3) is 1.00. The van der Waals surface area contributed by atoms with E-state index in [4.69, 9.17) is 9.47 Å². The molecule has 0 radical (unpaired) electrons. The Hall–Kier alpha value is -0.120. The monoisotopic (exact) mass is 143 g/mol. The van der Waals surface area contributed by atoms with Gasteiger partial charge in [0.25, 0.3) is 0 Å². The van der Waals surface area contributed by atoms with Crippen LogP contribution in [0.3, 0.4) is 0 Å². The minimum atomic E-state index is 0.0260. The van der Waals surface area contributed by atoms with Gasteiger partial charge in [0.1, 0.15) is 5.60 Å². The third kappa shape index (κ3) is 0.779. The molecule has 0 unspecified atom stereocenters. The zero-order chi connectivity index (χ0) is 7.03. The molecule has 2 heterocycles. The molecule has 0 saturated carbocycles. The van der Waals surface area contributed by atoms with E-state index in [-0.39, 0.29) is 5.60 Å². The highest BCUT2D eigenvalue weighted by atomic mass is 16.6. The van der Waals surface area contributed by atoms with Crippen molar-refractivity contribution in [2.45, 2.75) is 18.6 Å². The van der Waals surface area contributed by atoms with Crippen molar-refractivity contribution in [3.05, 3.63) is 0 Å². The molecule has 1 N–H and O–H groups in total. The van der Waals surface area contributed by atoms with Gasteiger partial charge in [-0.05, 0) is 6.92 Å². The standard InChI is InChI=1S/C7H13NO2/c1-6-7(4-9-5-7)10-3-2-8-6/h6,8H,2-5H2,1H3/t6-/m0/s1. The molecule has 0 bridgehead atoms. The summed E-state index contributed by atoms with van der Waals surface area (Å²) in [5.74, 6) is 0. The van der Waals surface area contributed by atoms with Crippen LogP contribution in [0.5, 0.6) is 0 Å². The number of morpholine rings is 1. The second kappa shape index (κ2) is 2.19. The van der Waals surface area contributed by atoms with Crippen LogP contribution < -0.4 is 5.32 Å². The van der Waals surface area contributed by atoms with Gasteiger partial charge >= 0.3 is 0 Å². The molecule has 3 nitrogen and oxygen atoms in total. The first-order valence-corrected chi connectivity index (χ1v) is 3.79. The van der Waals surface area contributed by atoms with E-state index >= 15 is 0 Å². The van der Waals surface area contributed by atoms with Crippen LogP contribution in [-0.4, -0.2) is 38.0 Å². The van der Waals surface area contributed by atoms with Gasteiger partial charge in [-0.1, -0.05) is 0 Å². The first-order valence-electron chi connectivity index (χ1n) is 3.79. The molecular formula is C7H13NO2. The topological polar surface area (TPSA) is 30.5 Å². The summed E-state index contributed by atoms with van der Waals surface area (Å²) in [6, 6.07) is 0.454. The second-order valence-corrected chi connectivity index (χ2v) is 3.08. The van der Waals surface area contributed by atoms with E-state index < -0.39 is 0 Å². The lowest BCUT2D eigenvalue weighted by atomic mass is 9.92. The second-order valence-electron chi connectivity index (χ2n) is 3.08. The highest BCUT2D eigenvalue weighted by Crippen LogP contribution is 2.27. The van der Waals surface area contributed by atoms with Gasteiger partial charge in [-0.2, -0.15) is 0 Å². The van der Waals surface area contributed by atoms with Crippen LogP contribution in [0.15, 0.2) is 0 Å². The van der Waals surface area contributed by atoms with Crippen molar-refractivity contribution < 1.29 is 9.47 Å². The Balaban J connectivity index is 2.03. The smallest absolute Gasteiger partial charge is 0.130 e. The summed E-state index contributed by atoms with van der Waals surface area (Å²) < 4.78 is 10.7. The predicted octanol–water partition coefficient (Wildman–Crippen LogP) is -0.236. The van der Waals surface area contributed by atoms with Crippen LogP contribution >= 0.6 is 0 Å². The van der Waals surface area contributed by atoms with Gasteiger partial charge < -0.3 is 14.8 Å². The number of ether oxygens (including phenoxy) is 2. The van der Waals surface area contributed by atoms with E-state index in [9.17, 15) is 0 Å². The highest BCUT2D eigenvalue weighted by molar-refractivity contribution is 4.98. The fourth-order valence-electron chi connectivity index (χ4n) is 1.48. The molecule has 58 valence electrons. The molecule has 1 atom stereocenters. The summed E-state index contributed by atoms with van der Waals surface area (Å²) in [6.07, 6.45) is 0. The number of hydrogen-bond acceptors (Lipinski definition) is 3. The quantitative estimate of drug-likeness (QED) is 0.508.